The Labute approximate surface area is 155 Å². The molecule has 142 valence electrons. The van der Waals surface area contributed by atoms with Gasteiger partial charge in [-0.2, -0.15) is 0 Å². The van der Waals surface area contributed by atoms with E-state index in [1.54, 1.807) is 0 Å². The minimum atomic E-state index is -0.368. The summed E-state index contributed by atoms with van der Waals surface area (Å²) >= 11 is 0. The van der Waals surface area contributed by atoms with Crippen molar-refractivity contribution >= 4 is 5.97 Å². The van der Waals surface area contributed by atoms with Crippen LogP contribution in [0.4, 0.5) is 0 Å². The number of carbonyl (C=O) groups is 1. The summed E-state index contributed by atoms with van der Waals surface area (Å²) in [7, 11) is 0. The van der Waals surface area contributed by atoms with Crippen molar-refractivity contribution in [3.8, 4) is 0 Å². The van der Waals surface area contributed by atoms with Crippen molar-refractivity contribution in [2.75, 3.05) is 6.61 Å². The molecule has 0 amide bonds. The summed E-state index contributed by atoms with van der Waals surface area (Å²) in [5.74, 6) is -0.0582. The summed E-state index contributed by atoms with van der Waals surface area (Å²) in [5.41, 5.74) is 2.38. The molecule has 0 aliphatic rings. The second-order valence-corrected chi connectivity index (χ2v) is 7.47. The predicted octanol–water partition coefficient (Wildman–Crippen LogP) is 6.50. The molecule has 1 rings (SSSR count). The number of ether oxygens (including phenoxy) is 1. The number of esters is 1. The van der Waals surface area contributed by atoms with E-state index in [0.717, 1.165) is 19.3 Å². The van der Waals surface area contributed by atoms with Crippen LogP contribution in [0.3, 0.4) is 0 Å². The van der Waals surface area contributed by atoms with Gasteiger partial charge in [-0.25, -0.2) is 0 Å². The number of unbranched alkanes of at least 4 members (excludes halogenated alkanes) is 5. The Bertz CT molecular complexity index is 477. The van der Waals surface area contributed by atoms with E-state index in [2.05, 4.69) is 38.1 Å². The molecule has 1 aromatic carbocycles. The van der Waals surface area contributed by atoms with Crippen molar-refractivity contribution in [2.24, 2.45) is 5.41 Å². The maximum absolute atomic E-state index is 12.2. The molecule has 0 aliphatic carbocycles. The lowest BCUT2D eigenvalue weighted by molar-refractivity contribution is -0.155. The van der Waals surface area contributed by atoms with Gasteiger partial charge in [0.05, 0.1) is 12.0 Å². The van der Waals surface area contributed by atoms with E-state index < -0.39 is 0 Å². The molecule has 1 aromatic rings. The molecule has 0 N–H and O–H groups in total. The van der Waals surface area contributed by atoms with Crippen LogP contribution < -0.4 is 0 Å². The highest BCUT2D eigenvalue weighted by Gasteiger charge is 2.32. The fourth-order valence-electron chi connectivity index (χ4n) is 3.13. The monoisotopic (exact) mass is 346 g/mol. The van der Waals surface area contributed by atoms with Gasteiger partial charge in [0.25, 0.3) is 0 Å². The third-order valence-corrected chi connectivity index (χ3v) is 5.36. The van der Waals surface area contributed by atoms with Crippen LogP contribution in [0.2, 0.25) is 0 Å². The van der Waals surface area contributed by atoms with Crippen LogP contribution in [0.15, 0.2) is 24.3 Å². The first-order valence-corrected chi connectivity index (χ1v) is 10.3. The number of benzene rings is 1. The largest absolute Gasteiger partial charge is 0.466 e. The molecule has 0 radical (unpaired) electrons. The third kappa shape index (κ3) is 8.07. The zero-order valence-corrected chi connectivity index (χ0v) is 16.9. The summed E-state index contributed by atoms with van der Waals surface area (Å²) in [5, 5.41) is 0. The second kappa shape index (κ2) is 12.1. The van der Waals surface area contributed by atoms with E-state index in [4.69, 9.17) is 4.74 Å². The summed E-state index contributed by atoms with van der Waals surface area (Å²) in [6.07, 6.45) is 11.9. The van der Waals surface area contributed by atoms with Gasteiger partial charge in [-0.1, -0.05) is 70.2 Å². The van der Waals surface area contributed by atoms with Crippen molar-refractivity contribution in [3.63, 3.8) is 0 Å². The number of carbonyl (C=O) groups excluding carboxylic acids is 1. The number of hydrogen-bond donors (Lipinski definition) is 0. The van der Waals surface area contributed by atoms with Crippen molar-refractivity contribution in [2.45, 2.75) is 91.9 Å². The van der Waals surface area contributed by atoms with Gasteiger partial charge in [-0.3, -0.25) is 4.79 Å². The zero-order valence-electron chi connectivity index (χ0n) is 16.9. The summed E-state index contributed by atoms with van der Waals surface area (Å²) in [4.78, 5) is 12.2. The van der Waals surface area contributed by atoms with Crippen LogP contribution in [-0.4, -0.2) is 12.6 Å². The standard InChI is InChI=1S/C23H38O2/c1-5-8-9-10-11-12-13-20-14-16-21(17-15-20)18-19-23(4,6-2)22(24)25-7-3/h14-17H,5-13,18-19H2,1-4H3. The molecule has 1 unspecified atom stereocenters. The lowest BCUT2D eigenvalue weighted by atomic mass is 9.81. The molecule has 0 fully saturated rings. The maximum Gasteiger partial charge on any atom is 0.311 e. The highest BCUT2D eigenvalue weighted by molar-refractivity contribution is 5.76. The van der Waals surface area contributed by atoms with Gasteiger partial charge in [-0.15, -0.1) is 0 Å². The van der Waals surface area contributed by atoms with E-state index in [9.17, 15) is 4.79 Å². The lowest BCUT2D eigenvalue weighted by Crippen LogP contribution is -2.30. The van der Waals surface area contributed by atoms with Crippen molar-refractivity contribution in [3.05, 3.63) is 35.4 Å². The molecular formula is C23H38O2. The quantitative estimate of drug-likeness (QED) is 0.301. The molecular weight excluding hydrogens is 308 g/mol. The van der Waals surface area contributed by atoms with Gasteiger partial charge in [-0.05, 0) is 57.1 Å². The average Bonchev–Trinajstić information content (AvgIpc) is 2.63. The Balaban J connectivity index is 2.39. The van der Waals surface area contributed by atoms with Gasteiger partial charge in [0.2, 0.25) is 0 Å². The molecule has 0 heterocycles. The van der Waals surface area contributed by atoms with Crippen molar-refractivity contribution < 1.29 is 9.53 Å². The van der Waals surface area contributed by atoms with Crippen LogP contribution >= 0.6 is 0 Å². The van der Waals surface area contributed by atoms with Gasteiger partial charge in [0.1, 0.15) is 0 Å². The topological polar surface area (TPSA) is 26.3 Å². The highest BCUT2D eigenvalue weighted by atomic mass is 16.5. The molecule has 2 heteroatoms. The molecule has 1 atom stereocenters. The average molecular weight is 347 g/mol. The summed E-state index contributed by atoms with van der Waals surface area (Å²) in [6, 6.07) is 8.98. The Morgan fingerprint density at radius 1 is 0.880 bits per heavy atom. The number of aryl methyl sites for hydroxylation is 2. The summed E-state index contributed by atoms with van der Waals surface area (Å²) in [6.45, 7) is 8.69. The molecule has 25 heavy (non-hydrogen) atoms. The molecule has 0 saturated heterocycles. The zero-order chi connectivity index (χ0) is 18.5. The van der Waals surface area contributed by atoms with Crippen LogP contribution in [-0.2, 0) is 22.4 Å². The first-order chi connectivity index (χ1) is 12.1. The van der Waals surface area contributed by atoms with Gasteiger partial charge >= 0.3 is 5.97 Å². The van der Waals surface area contributed by atoms with Crippen molar-refractivity contribution in [1.82, 2.24) is 0 Å². The summed E-state index contributed by atoms with van der Waals surface area (Å²) < 4.78 is 5.25. The Morgan fingerprint density at radius 2 is 1.44 bits per heavy atom. The van der Waals surface area contributed by atoms with Gasteiger partial charge < -0.3 is 4.74 Å². The molecule has 0 bridgehead atoms. The Morgan fingerprint density at radius 3 is 2.00 bits per heavy atom. The fourth-order valence-corrected chi connectivity index (χ4v) is 3.13. The highest BCUT2D eigenvalue weighted by Crippen LogP contribution is 2.29. The van der Waals surface area contributed by atoms with E-state index in [1.165, 1.54) is 56.1 Å². The van der Waals surface area contributed by atoms with Crippen molar-refractivity contribution in [1.29, 1.82) is 0 Å². The Kier molecular flexibility index (Phi) is 10.5. The molecule has 0 spiro atoms. The molecule has 0 aliphatic heterocycles. The molecule has 0 aromatic heterocycles. The SMILES string of the molecule is CCCCCCCCc1ccc(CCC(C)(CC)C(=O)OCC)cc1. The van der Waals surface area contributed by atoms with E-state index >= 15 is 0 Å². The Hall–Kier alpha value is -1.31. The van der Waals surface area contributed by atoms with Crippen LogP contribution in [0.1, 0.15) is 90.2 Å². The lowest BCUT2D eigenvalue weighted by Gasteiger charge is -2.25. The van der Waals surface area contributed by atoms with E-state index in [-0.39, 0.29) is 11.4 Å². The normalized spacial score (nSPS) is 13.4. The number of rotatable bonds is 13. The maximum atomic E-state index is 12.2. The predicted molar refractivity (Wildman–Crippen MR) is 107 cm³/mol. The van der Waals surface area contributed by atoms with Crippen LogP contribution in [0.25, 0.3) is 0 Å². The van der Waals surface area contributed by atoms with Crippen LogP contribution in [0.5, 0.6) is 0 Å². The van der Waals surface area contributed by atoms with E-state index in [0.29, 0.717) is 6.61 Å². The van der Waals surface area contributed by atoms with Gasteiger partial charge in [0.15, 0.2) is 0 Å². The third-order valence-electron chi connectivity index (χ3n) is 5.36. The first kappa shape index (κ1) is 21.7. The fraction of sp³-hybridized carbons (Fsp3) is 0.696. The van der Waals surface area contributed by atoms with Gasteiger partial charge in [0, 0.05) is 0 Å². The minimum Gasteiger partial charge on any atom is -0.466 e. The van der Waals surface area contributed by atoms with Crippen LogP contribution in [0, 0.1) is 5.41 Å². The minimum absolute atomic E-state index is 0.0582. The second-order valence-electron chi connectivity index (χ2n) is 7.47. The number of hydrogen-bond acceptors (Lipinski definition) is 2. The first-order valence-electron chi connectivity index (χ1n) is 10.3. The molecule has 2 nitrogen and oxygen atoms in total. The van der Waals surface area contributed by atoms with E-state index in [1.807, 2.05) is 13.8 Å². The smallest absolute Gasteiger partial charge is 0.311 e. The molecule has 0 saturated carbocycles.